The maximum Gasteiger partial charge on any atom is 0.220 e. The minimum Gasteiger partial charge on any atom is -0.388 e. The minimum atomic E-state index is -0.606. The fourth-order valence-corrected chi connectivity index (χ4v) is 2.52. The molecule has 2 N–H and O–H groups in total. The molecule has 0 aromatic carbocycles. The summed E-state index contributed by atoms with van der Waals surface area (Å²) in [6, 6.07) is -0.260. The Morgan fingerprint density at radius 2 is 2.00 bits per heavy atom. The Morgan fingerprint density at radius 1 is 1.30 bits per heavy atom. The van der Waals surface area contributed by atoms with Gasteiger partial charge in [-0.3, -0.25) is 4.79 Å². The molecule has 1 rings (SSSR count). The number of ether oxygens (including phenoxy) is 1. The summed E-state index contributed by atoms with van der Waals surface area (Å²) in [6.45, 7) is 9.32. The van der Waals surface area contributed by atoms with Crippen molar-refractivity contribution < 1.29 is 14.6 Å². The standard InChI is InChI=1S/C15H30N2O3/c1-4-7-8-9-14(18)16-12-11-20-13(15(12)19)10-17(5-2)6-3/h12-13,15,19H,4-11H2,1-3H3,(H,16,18)/t12-,13-,15+/m0/s1. The summed E-state index contributed by atoms with van der Waals surface area (Å²) in [5, 5.41) is 13.1. The summed E-state index contributed by atoms with van der Waals surface area (Å²) in [5.41, 5.74) is 0. The van der Waals surface area contributed by atoms with Gasteiger partial charge in [-0.25, -0.2) is 0 Å². The first kappa shape index (κ1) is 17.4. The third-order valence-corrected chi connectivity index (χ3v) is 3.97. The van der Waals surface area contributed by atoms with Gasteiger partial charge in [-0.1, -0.05) is 33.6 Å². The van der Waals surface area contributed by atoms with E-state index < -0.39 is 6.10 Å². The van der Waals surface area contributed by atoms with Gasteiger partial charge in [0.1, 0.15) is 6.10 Å². The third kappa shape index (κ3) is 5.38. The predicted octanol–water partition coefficient (Wildman–Crippen LogP) is 1.15. The molecule has 1 aliphatic heterocycles. The van der Waals surface area contributed by atoms with Crippen LogP contribution in [0, 0.1) is 0 Å². The molecule has 0 unspecified atom stereocenters. The molecule has 0 bridgehead atoms. The Balaban J connectivity index is 2.33. The molecule has 0 aromatic rings. The molecule has 1 amide bonds. The smallest absolute Gasteiger partial charge is 0.220 e. The maximum atomic E-state index is 11.8. The lowest BCUT2D eigenvalue weighted by Gasteiger charge is -2.24. The highest BCUT2D eigenvalue weighted by Gasteiger charge is 2.37. The average Bonchev–Trinajstić information content (AvgIpc) is 2.77. The van der Waals surface area contributed by atoms with Gasteiger partial charge in [0.25, 0.3) is 0 Å². The number of carbonyl (C=O) groups excluding carboxylic acids is 1. The highest BCUT2D eigenvalue weighted by molar-refractivity contribution is 5.76. The molecule has 1 heterocycles. The number of amides is 1. The van der Waals surface area contributed by atoms with E-state index in [0.717, 1.165) is 38.9 Å². The zero-order chi connectivity index (χ0) is 15.0. The SMILES string of the molecule is CCCCCC(=O)N[C@H]1CO[C@@H](CN(CC)CC)[C@@H]1O. The van der Waals surface area contributed by atoms with Crippen molar-refractivity contribution in [1.29, 1.82) is 0 Å². The number of carbonyl (C=O) groups is 1. The predicted molar refractivity (Wildman–Crippen MR) is 79.6 cm³/mol. The number of nitrogens with zero attached hydrogens (tertiary/aromatic N) is 1. The van der Waals surface area contributed by atoms with E-state index in [4.69, 9.17) is 4.74 Å². The topological polar surface area (TPSA) is 61.8 Å². The molecule has 1 saturated heterocycles. The quantitative estimate of drug-likeness (QED) is 0.624. The van der Waals surface area contributed by atoms with Crippen LogP contribution in [0.5, 0.6) is 0 Å². The molecule has 1 fully saturated rings. The fraction of sp³-hybridized carbons (Fsp3) is 0.933. The number of hydrogen-bond acceptors (Lipinski definition) is 4. The fourth-order valence-electron chi connectivity index (χ4n) is 2.52. The van der Waals surface area contributed by atoms with Gasteiger partial charge in [-0.15, -0.1) is 0 Å². The second-order valence-electron chi connectivity index (χ2n) is 5.48. The van der Waals surface area contributed by atoms with Crippen LogP contribution in [0.1, 0.15) is 46.5 Å². The molecule has 20 heavy (non-hydrogen) atoms. The van der Waals surface area contributed by atoms with Crippen molar-refractivity contribution in [2.75, 3.05) is 26.2 Å². The molecule has 0 saturated carbocycles. The Labute approximate surface area is 122 Å². The van der Waals surface area contributed by atoms with E-state index in [9.17, 15) is 9.90 Å². The van der Waals surface area contributed by atoms with E-state index in [1.165, 1.54) is 0 Å². The molecule has 0 spiro atoms. The van der Waals surface area contributed by atoms with Gasteiger partial charge >= 0.3 is 0 Å². The summed E-state index contributed by atoms with van der Waals surface area (Å²) in [7, 11) is 0. The van der Waals surface area contributed by atoms with Gasteiger partial charge < -0.3 is 20.1 Å². The van der Waals surface area contributed by atoms with Crippen LogP contribution in [0.4, 0.5) is 0 Å². The van der Waals surface area contributed by atoms with Crippen LogP contribution in [0.3, 0.4) is 0 Å². The molecule has 1 aliphatic rings. The molecule has 5 nitrogen and oxygen atoms in total. The summed E-state index contributed by atoms with van der Waals surface area (Å²) >= 11 is 0. The number of aliphatic hydroxyl groups is 1. The van der Waals surface area contributed by atoms with Crippen LogP contribution in [0.2, 0.25) is 0 Å². The highest BCUT2D eigenvalue weighted by atomic mass is 16.5. The Kier molecular flexibility index (Phi) is 8.11. The number of nitrogens with one attached hydrogen (secondary N) is 1. The normalized spacial score (nSPS) is 26.1. The molecule has 3 atom stereocenters. The van der Waals surface area contributed by atoms with E-state index in [1.807, 2.05) is 0 Å². The van der Waals surface area contributed by atoms with Crippen LogP contribution in [-0.2, 0) is 9.53 Å². The Hall–Kier alpha value is -0.650. The minimum absolute atomic E-state index is 0.0228. The van der Waals surface area contributed by atoms with E-state index in [-0.39, 0.29) is 18.1 Å². The lowest BCUT2D eigenvalue weighted by atomic mass is 10.1. The van der Waals surface area contributed by atoms with Gasteiger partial charge in [-0.2, -0.15) is 0 Å². The Bertz CT molecular complexity index is 282. The molecule has 0 aliphatic carbocycles. The second-order valence-corrected chi connectivity index (χ2v) is 5.48. The van der Waals surface area contributed by atoms with Crippen molar-refractivity contribution >= 4 is 5.91 Å². The zero-order valence-corrected chi connectivity index (χ0v) is 13.1. The number of rotatable bonds is 9. The van der Waals surface area contributed by atoms with Crippen molar-refractivity contribution in [1.82, 2.24) is 10.2 Å². The van der Waals surface area contributed by atoms with Crippen molar-refractivity contribution in [3.8, 4) is 0 Å². The summed E-state index contributed by atoms with van der Waals surface area (Å²) in [5.74, 6) is 0.0228. The average molecular weight is 286 g/mol. The number of hydrogen-bond donors (Lipinski definition) is 2. The lowest BCUT2D eigenvalue weighted by Crippen LogP contribution is -2.46. The van der Waals surface area contributed by atoms with Crippen molar-refractivity contribution in [3.63, 3.8) is 0 Å². The first-order valence-corrected chi connectivity index (χ1v) is 7.93. The van der Waals surface area contributed by atoms with Crippen molar-refractivity contribution in [3.05, 3.63) is 0 Å². The van der Waals surface area contributed by atoms with Crippen molar-refractivity contribution in [2.45, 2.75) is 64.7 Å². The molecule has 0 radical (unpaired) electrons. The van der Waals surface area contributed by atoms with Gasteiger partial charge in [0.05, 0.1) is 18.8 Å². The number of aliphatic hydroxyl groups excluding tert-OH is 1. The first-order valence-electron chi connectivity index (χ1n) is 7.93. The van der Waals surface area contributed by atoms with Crippen LogP contribution < -0.4 is 5.32 Å². The van der Waals surface area contributed by atoms with Gasteiger partial charge in [0.15, 0.2) is 0 Å². The van der Waals surface area contributed by atoms with Crippen LogP contribution in [-0.4, -0.2) is 60.4 Å². The van der Waals surface area contributed by atoms with E-state index in [2.05, 4.69) is 31.0 Å². The molecule has 5 heteroatoms. The third-order valence-electron chi connectivity index (χ3n) is 3.97. The Morgan fingerprint density at radius 3 is 2.60 bits per heavy atom. The molecule has 0 aromatic heterocycles. The monoisotopic (exact) mass is 286 g/mol. The van der Waals surface area contributed by atoms with Crippen LogP contribution in [0.25, 0.3) is 0 Å². The van der Waals surface area contributed by atoms with Crippen LogP contribution >= 0.6 is 0 Å². The summed E-state index contributed by atoms with van der Waals surface area (Å²) < 4.78 is 5.63. The number of unbranched alkanes of at least 4 members (excludes halogenated alkanes) is 2. The van der Waals surface area contributed by atoms with Gasteiger partial charge in [0.2, 0.25) is 5.91 Å². The first-order chi connectivity index (χ1) is 9.62. The maximum absolute atomic E-state index is 11.8. The molecule has 118 valence electrons. The van der Waals surface area contributed by atoms with Gasteiger partial charge in [0, 0.05) is 13.0 Å². The van der Waals surface area contributed by atoms with E-state index in [0.29, 0.717) is 13.0 Å². The van der Waals surface area contributed by atoms with Gasteiger partial charge in [-0.05, 0) is 19.5 Å². The zero-order valence-electron chi connectivity index (χ0n) is 13.1. The van der Waals surface area contributed by atoms with Crippen LogP contribution in [0.15, 0.2) is 0 Å². The summed E-state index contributed by atoms with van der Waals surface area (Å²) in [6.07, 6.45) is 2.82. The largest absolute Gasteiger partial charge is 0.388 e. The second kappa shape index (κ2) is 9.32. The van der Waals surface area contributed by atoms with Crippen molar-refractivity contribution in [2.24, 2.45) is 0 Å². The van der Waals surface area contributed by atoms with E-state index in [1.54, 1.807) is 0 Å². The van der Waals surface area contributed by atoms with E-state index >= 15 is 0 Å². The lowest BCUT2D eigenvalue weighted by molar-refractivity contribution is -0.122. The highest BCUT2D eigenvalue weighted by Crippen LogP contribution is 2.16. The molecular formula is C15H30N2O3. The molecular weight excluding hydrogens is 256 g/mol. The number of likely N-dealkylation sites (N-methyl/N-ethyl adjacent to an activating group) is 1. The summed E-state index contributed by atoms with van der Waals surface area (Å²) in [4.78, 5) is 14.0.